The van der Waals surface area contributed by atoms with Gasteiger partial charge in [0, 0.05) is 38.6 Å². The molecule has 28 heavy (non-hydrogen) atoms. The third kappa shape index (κ3) is 7.18. The van der Waals surface area contributed by atoms with Crippen molar-refractivity contribution in [1.29, 1.82) is 0 Å². The second-order valence-electron chi connectivity index (χ2n) is 7.82. The molecule has 2 saturated heterocycles. The van der Waals surface area contributed by atoms with Gasteiger partial charge in [-0.2, -0.15) is 0 Å². The fourth-order valence-corrected chi connectivity index (χ4v) is 4.46. The Labute approximate surface area is 190 Å². The van der Waals surface area contributed by atoms with Gasteiger partial charge in [-0.15, -0.1) is 35.3 Å². The van der Waals surface area contributed by atoms with Crippen LogP contribution in [-0.2, 0) is 11.3 Å². The predicted molar refractivity (Wildman–Crippen MR) is 128 cm³/mol. The lowest BCUT2D eigenvalue weighted by Gasteiger charge is -2.29. The maximum Gasteiger partial charge on any atom is 0.243 e. The number of thiophene rings is 1. The van der Waals surface area contributed by atoms with Crippen molar-refractivity contribution in [2.45, 2.75) is 32.2 Å². The highest BCUT2D eigenvalue weighted by molar-refractivity contribution is 14.0. The van der Waals surface area contributed by atoms with E-state index >= 15 is 0 Å². The quantitative estimate of drug-likeness (QED) is 0.357. The van der Waals surface area contributed by atoms with Gasteiger partial charge in [0.25, 0.3) is 0 Å². The molecule has 1 aromatic heterocycles. The van der Waals surface area contributed by atoms with E-state index in [0.717, 1.165) is 25.6 Å². The molecule has 0 bridgehead atoms. The molecule has 0 spiro atoms. The SMILES string of the molecule is CN(C)C(=O)CN=C(NCc1cccs1)N1CCC(CN2CCCCC2)C1.I. The largest absolute Gasteiger partial charge is 0.351 e. The summed E-state index contributed by atoms with van der Waals surface area (Å²) in [7, 11) is 3.56. The number of piperidine rings is 1. The third-order valence-electron chi connectivity index (χ3n) is 5.41. The first-order valence-electron chi connectivity index (χ1n) is 10.1. The molecule has 2 fully saturated rings. The van der Waals surface area contributed by atoms with Gasteiger partial charge in [0.05, 0.1) is 6.54 Å². The average Bonchev–Trinajstić information content (AvgIpc) is 3.34. The number of hydrogen-bond acceptors (Lipinski definition) is 4. The molecule has 2 aliphatic heterocycles. The van der Waals surface area contributed by atoms with Crippen LogP contribution in [0.15, 0.2) is 22.5 Å². The number of hydrogen-bond donors (Lipinski definition) is 1. The summed E-state index contributed by atoms with van der Waals surface area (Å²) >= 11 is 1.74. The Balaban J connectivity index is 0.00000280. The van der Waals surface area contributed by atoms with Crippen molar-refractivity contribution in [3.05, 3.63) is 22.4 Å². The topological polar surface area (TPSA) is 51.2 Å². The van der Waals surface area contributed by atoms with Crippen LogP contribution in [-0.4, -0.2) is 79.9 Å². The highest BCUT2D eigenvalue weighted by Gasteiger charge is 2.27. The van der Waals surface area contributed by atoms with E-state index < -0.39 is 0 Å². The van der Waals surface area contributed by atoms with Gasteiger partial charge in [-0.1, -0.05) is 12.5 Å². The minimum atomic E-state index is 0. The molecule has 1 amide bonds. The lowest BCUT2D eigenvalue weighted by molar-refractivity contribution is -0.127. The first-order chi connectivity index (χ1) is 13.1. The zero-order valence-corrected chi connectivity index (χ0v) is 20.2. The smallest absolute Gasteiger partial charge is 0.243 e. The molecule has 0 saturated carbocycles. The van der Waals surface area contributed by atoms with E-state index in [1.807, 2.05) is 0 Å². The number of likely N-dealkylation sites (N-methyl/N-ethyl adjacent to an activating group) is 1. The normalized spacial score (nSPS) is 20.7. The van der Waals surface area contributed by atoms with Crippen LogP contribution >= 0.6 is 35.3 Å². The summed E-state index contributed by atoms with van der Waals surface area (Å²) in [6.07, 6.45) is 5.28. The van der Waals surface area contributed by atoms with E-state index in [1.165, 1.54) is 50.2 Å². The van der Waals surface area contributed by atoms with E-state index in [4.69, 9.17) is 0 Å². The maximum absolute atomic E-state index is 12.0. The Kier molecular flexibility index (Phi) is 10.0. The van der Waals surface area contributed by atoms with Gasteiger partial charge in [0.2, 0.25) is 5.91 Å². The van der Waals surface area contributed by atoms with E-state index in [1.54, 1.807) is 30.3 Å². The van der Waals surface area contributed by atoms with Crippen LogP contribution in [0.3, 0.4) is 0 Å². The minimum absolute atomic E-state index is 0. The van der Waals surface area contributed by atoms with Crippen LogP contribution in [0.2, 0.25) is 0 Å². The summed E-state index contributed by atoms with van der Waals surface area (Å²) in [4.78, 5) is 24.5. The van der Waals surface area contributed by atoms with E-state index in [2.05, 4.69) is 37.6 Å². The Hall–Kier alpha value is -0.870. The second-order valence-corrected chi connectivity index (χ2v) is 8.86. The molecule has 2 aliphatic rings. The summed E-state index contributed by atoms with van der Waals surface area (Å²) in [5.41, 5.74) is 0. The number of rotatable bonds is 6. The molecule has 0 radical (unpaired) electrons. The molecule has 158 valence electrons. The monoisotopic (exact) mass is 519 g/mol. The Bertz CT molecular complexity index is 616. The average molecular weight is 519 g/mol. The van der Waals surface area contributed by atoms with E-state index in [0.29, 0.717) is 5.92 Å². The second kappa shape index (κ2) is 12.0. The number of guanidine groups is 1. The zero-order chi connectivity index (χ0) is 19.1. The molecule has 1 unspecified atom stereocenters. The van der Waals surface area contributed by atoms with Gasteiger partial charge in [-0.05, 0) is 49.7 Å². The van der Waals surface area contributed by atoms with E-state index in [9.17, 15) is 4.79 Å². The number of amides is 1. The zero-order valence-electron chi connectivity index (χ0n) is 17.1. The lowest BCUT2D eigenvalue weighted by Crippen LogP contribution is -2.41. The van der Waals surface area contributed by atoms with Crippen molar-refractivity contribution in [2.24, 2.45) is 10.9 Å². The first-order valence-corrected chi connectivity index (χ1v) is 11.0. The van der Waals surface area contributed by atoms with Crippen LogP contribution in [0.4, 0.5) is 0 Å². The van der Waals surface area contributed by atoms with Crippen LogP contribution in [0.25, 0.3) is 0 Å². The van der Waals surface area contributed by atoms with Crippen LogP contribution in [0.5, 0.6) is 0 Å². The summed E-state index contributed by atoms with van der Waals surface area (Å²) in [6, 6.07) is 4.20. The maximum atomic E-state index is 12.0. The number of halogens is 1. The van der Waals surface area contributed by atoms with Gasteiger partial charge in [0.1, 0.15) is 6.54 Å². The summed E-state index contributed by atoms with van der Waals surface area (Å²) in [5, 5.41) is 5.58. The number of carbonyl (C=O) groups excluding carboxylic acids is 1. The molecule has 1 atom stereocenters. The summed E-state index contributed by atoms with van der Waals surface area (Å²) in [6.45, 7) is 6.73. The number of nitrogens with zero attached hydrogens (tertiary/aromatic N) is 4. The predicted octanol–water partition coefficient (Wildman–Crippen LogP) is 2.71. The molecule has 3 rings (SSSR count). The van der Waals surface area contributed by atoms with Gasteiger partial charge < -0.3 is 20.0 Å². The van der Waals surface area contributed by atoms with Crippen LogP contribution in [0, 0.1) is 5.92 Å². The van der Waals surface area contributed by atoms with Gasteiger partial charge in [-0.3, -0.25) is 4.79 Å². The molecule has 1 aromatic rings. The van der Waals surface area contributed by atoms with E-state index in [-0.39, 0.29) is 36.4 Å². The standard InChI is InChI=1S/C20H33N5OS.HI/c1-23(2)19(26)14-22-20(21-13-18-7-6-12-27-18)25-11-8-17(16-25)15-24-9-4-3-5-10-24;/h6-7,12,17H,3-5,8-11,13-16H2,1-2H3,(H,21,22);1H. The molecule has 3 heterocycles. The van der Waals surface area contributed by atoms with Crippen LogP contribution in [0.1, 0.15) is 30.6 Å². The summed E-state index contributed by atoms with van der Waals surface area (Å²) < 4.78 is 0. The highest BCUT2D eigenvalue weighted by Crippen LogP contribution is 2.20. The van der Waals surface area contributed by atoms with Crippen molar-refractivity contribution >= 4 is 47.2 Å². The fourth-order valence-electron chi connectivity index (χ4n) is 3.81. The van der Waals surface area contributed by atoms with Crippen molar-refractivity contribution in [2.75, 3.05) is 53.4 Å². The molecule has 6 nitrogen and oxygen atoms in total. The minimum Gasteiger partial charge on any atom is -0.351 e. The lowest BCUT2D eigenvalue weighted by atomic mass is 10.1. The van der Waals surface area contributed by atoms with Gasteiger partial charge in [-0.25, -0.2) is 4.99 Å². The van der Waals surface area contributed by atoms with Crippen molar-refractivity contribution in [3.8, 4) is 0 Å². The van der Waals surface area contributed by atoms with Crippen LogP contribution < -0.4 is 5.32 Å². The Morgan fingerprint density at radius 1 is 1.29 bits per heavy atom. The fraction of sp³-hybridized carbons (Fsp3) is 0.700. The van der Waals surface area contributed by atoms with Gasteiger partial charge >= 0.3 is 0 Å². The van der Waals surface area contributed by atoms with Crippen molar-refractivity contribution in [3.63, 3.8) is 0 Å². The summed E-state index contributed by atoms with van der Waals surface area (Å²) in [5.74, 6) is 1.61. The molecule has 1 N–H and O–H groups in total. The van der Waals surface area contributed by atoms with Crippen molar-refractivity contribution in [1.82, 2.24) is 20.0 Å². The Morgan fingerprint density at radius 2 is 2.07 bits per heavy atom. The molecular weight excluding hydrogens is 485 g/mol. The highest BCUT2D eigenvalue weighted by atomic mass is 127. The first kappa shape index (κ1) is 23.4. The third-order valence-corrected chi connectivity index (χ3v) is 6.29. The molecular formula is C20H34IN5OS. The molecule has 8 heteroatoms. The molecule has 0 aromatic carbocycles. The number of carbonyl (C=O) groups is 1. The van der Waals surface area contributed by atoms with Crippen molar-refractivity contribution < 1.29 is 4.79 Å². The van der Waals surface area contributed by atoms with Gasteiger partial charge in [0.15, 0.2) is 5.96 Å². The number of aliphatic imine (C=N–C) groups is 1. The Morgan fingerprint density at radius 3 is 2.75 bits per heavy atom. The number of likely N-dealkylation sites (tertiary alicyclic amines) is 2. The molecule has 0 aliphatic carbocycles. The number of nitrogens with one attached hydrogen (secondary N) is 1.